The van der Waals surface area contributed by atoms with Gasteiger partial charge in [0.05, 0.1) is 23.1 Å². The summed E-state index contributed by atoms with van der Waals surface area (Å²) in [5, 5.41) is 8.43. The van der Waals surface area contributed by atoms with Crippen molar-refractivity contribution < 1.29 is 4.39 Å². The molecule has 40 heavy (non-hydrogen) atoms. The van der Waals surface area contributed by atoms with Gasteiger partial charge in [-0.05, 0) is 86.0 Å². The highest BCUT2D eigenvalue weighted by Gasteiger charge is 2.41. The molecular formula is C32H26FN7. The first-order valence-corrected chi connectivity index (χ1v) is 13.1. The second-order valence-electron chi connectivity index (χ2n) is 10.1. The SMILES string of the molecule is Cc1ccc(NC2=Nc3ccccc3N3C2=Nc2c(c(C)nn2-c2ccccn2)[C@@H]3c2ccc(F)cc2)cc1C. The van der Waals surface area contributed by atoms with Gasteiger partial charge < -0.3 is 10.2 Å². The quantitative estimate of drug-likeness (QED) is 0.271. The summed E-state index contributed by atoms with van der Waals surface area (Å²) in [6.45, 7) is 6.16. The van der Waals surface area contributed by atoms with Crippen molar-refractivity contribution in [3.63, 3.8) is 0 Å². The number of hydrogen-bond donors (Lipinski definition) is 1. The second kappa shape index (κ2) is 9.27. The van der Waals surface area contributed by atoms with Gasteiger partial charge in [0.25, 0.3) is 0 Å². The summed E-state index contributed by atoms with van der Waals surface area (Å²) >= 11 is 0. The summed E-state index contributed by atoms with van der Waals surface area (Å²) in [5.41, 5.74) is 7.72. The number of fused-ring (bicyclic) bond motifs is 4. The van der Waals surface area contributed by atoms with E-state index in [-0.39, 0.29) is 11.9 Å². The number of hydrogen-bond acceptors (Lipinski definition) is 6. The fraction of sp³-hybridized carbons (Fsp3) is 0.125. The molecule has 0 spiro atoms. The van der Waals surface area contributed by atoms with Crippen LogP contribution < -0.4 is 10.2 Å². The third-order valence-electron chi connectivity index (χ3n) is 7.46. The Hall–Kier alpha value is -5.11. The van der Waals surface area contributed by atoms with Crippen molar-refractivity contribution >= 4 is 34.6 Å². The lowest BCUT2D eigenvalue weighted by molar-refractivity contribution is 0.626. The molecule has 2 aliphatic heterocycles. The zero-order valence-corrected chi connectivity index (χ0v) is 22.3. The molecule has 2 aromatic heterocycles. The maximum absolute atomic E-state index is 14.1. The average Bonchev–Trinajstić information content (AvgIpc) is 3.31. The topological polar surface area (TPSA) is 70.7 Å². The fourth-order valence-electron chi connectivity index (χ4n) is 5.35. The van der Waals surface area contributed by atoms with Crippen molar-refractivity contribution in [2.45, 2.75) is 26.8 Å². The number of benzene rings is 3. The zero-order chi connectivity index (χ0) is 27.4. The van der Waals surface area contributed by atoms with Gasteiger partial charge in [0, 0.05) is 17.4 Å². The minimum Gasteiger partial charge on any atom is -0.337 e. The summed E-state index contributed by atoms with van der Waals surface area (Å²) in [7, 11) is 0. The first-order chi connectivity index (χ1) is 19.5. The number of aryl methyl sites for hydroxylation is 3. The maximum Gasteiger partial charge on any atom is 0.179 e. The number of pyridine rings is 1. The molecule has 196 valence electrons. The van der Waals surface area contributed by atoms with E-state index in [4.69, 9.17) is 15.1 Å². The van der Waals surface area contributed by atoms with E-state index in [0.29, 0.717) is 23.3 Å². The largest absolute Gasteiger partial charge is 0.337 e. The highest BCUT2D eigenvalue weighted by molar-refractivity contribution is 6.51. The molecule has 4 heterocycles. The molecule has 8 heteroatoms. The van der Waals surface area contributed by atoms with Crippen LogP contribution in [-0.4, -0.2) is 26.4 Å². The van der Waals surface area contributed by atoms with Crippen molar-refractivity contribution in [1.29, 1.82) is 0 Å². The Morgan fingerprint density at radius 1 is 0.825 bits per heavy atom. The molecule has 0 aliphatic carbocycles. The van der Waals surface area contributed by atoms with Crippen LogP contribution in [0.5, 0.6) is 0 Å². The molecule has 7 nitrogen and oxygen atoms in total. The van der Waals surface area contributed by atoms with Crippen molar-refractivity contribution in [1.82, 2.24) is 14.8 Å². The minimum atomic E-state index is -0.325. The Kier molecular flexibility index (Phi) is 5.55. The molecule has 0 fully saturated rings. The first-order valence-electron chi connectivity index (χ1n) is 13.1. The number of halogens is 1. The summed E-state index contributed by atoms with van der Waals surface area (Å²) in [6.07, 6.45) is 1.74. The predicted octanol–water partition coefficient (Wildman–Crippen LogP) is 7.13. The summed E-state index contributed by atoms with van der Waals surface area (Å²) < 4.78 is 15.9. The highest BCUT2D eigenvalue weighted by Crippen LogP contribution is 2.48. The Balaban J connectivity index is 1.49. The van der Waals surface area contributed by atoms with Crippen LogP contribution in [0.25, 0.3) is 5.82 Å². The molecule has 0 amide bonds. The van der Waals surface area contributed by atoms with E-state index in [1.807, 2.05) is 67.6 Å². The van der Waals surface area contributed by atoms with E-state index in [9.17, 15) is 4.39 Å². The second-order valence-corrected chi connectivity index (χ2v) is 10.1. The number of para-hydroxylation sites is 2. The van der Waals surface area contributed by atoms with Crippen molar-refractivity contribution in [2.24, 2.45) is 9.98 Å². The number of anilines is 2. The molecule has 0 saturated heterocycles. The molecule has 3 aromatic carbocycles. The number of rotatable bonds is 3. The lowest BCUT2D eigenvalue weighted by atomic mass is 9.93. The standard InChI is InChI=1S/C32H26FN7/c1-19-11-16-24(18-20(19)2)35-30-32-37-31-28(21(3)38-40(31)27-10-6-7-17-34-27)29(22-12-14-23(33)15-13-22)39(32)26-9-5-4-8-25(26)36-30/h4-18,29H,1-3H3,(H,35,36)/t29-/m0/s1. The molecule has 7 rings (SSSR count). The summed E-state index contributed by atoms with van der Waals surface area (Å²) in [5.74, 6) is 2.32. The molecular weight excluding hydrogens is 501 g/mol. The van der Waals surface area contributed by atoms with Crippen molar-refractivity contribution in [3.8, 4) is 5.82 Å². The van der Waals surface area contributed by atoms with Gasteiger partial charge in [0.2, 0.25) is 0 Å². The third-order valence-corrected chi connectivity index (χ3v) is 7.46. The zero-order valence-electron chi connectivity index (χ0n) is 22.3. The molecule has 0 radical (unpaired) electrons. The van der Waals surface area contributed by atoms with Gasteiger partial charge in [-0.25, -0.2) is 19.4 Å². The Morgan fingerprint density at radius 3 is 2.40 bits per heavy atom. The van der Waals surface area contributed by atoms with Crippen LogP contribution >= 0.6 is 0 Å². The van der Waals surface area contributed by atoms with Crippen molar-refractivity contribution in [3.05, 3.63) is 125 Å². The van der Waals surface area contributed by atoms with Gasteiger partial charge in [0.1, 0.15) is 5.82 Å². The molecule has 1 atom stereocenters. The number of nitrogens with one attached hydrogen (secondary N) is 1. The maximum atomic E-state index is 14.1. The molecule has 0 saturated carbocycles. The highest BCUT2D eigenvalue weighted by atomic mass is 19.1. The summed E-state index contributed by atoms with van der Waals surface area (Å²) in [4.78, 5) is 17.0. The normalized spacial score (nSPS) is 15.5. The van der Waals surface area contributed by atoms with Crippen LogP contribution in [0.3, 0.4) is 0 Å². The van der Waals surface area contributed by atoms with E-state index < -0.39 is 0 Å². The van der Waals surface area contributed by atoms with Gasteiger partial charge in [-0.15, -0.1) is 0 Å². The van der Waals surface area contributed by atoms with Crippen LogP contribution in [0, 0.1) is 26.6 Å². The molecule has 5 aromatic rings. The Labute approximate surface area is 231 Å². The van der Waals surface area contributed by atoms with Crippen LogP contribution in [0.4, 0.5) is 27.3 Å². The molecule has 2 aliphatic rings. The van der Waals surface area contributed by atoms with E-state index in [1.54, 1.807) is 10.9 Å². The van der Waals surface area contributed by atoms with Crippen LogP contribution in [0.1, 0.15) is 34.0 Å². The third kappa shape index (κ3) is 3.88. The molecule has 1 N–H and O–H groups in total. The van der Waals surface area contributed by atoms with Gasteiger partial charge in [-0.3, -0.25) is 0 Å². The molecule has 0 unspecified atom stereocenters. The molecule has 0 bridgehead atoms. The van der Waals surface area contributed by atoms with Crippen LogP contribution in [0.2, 0.25) is 0 Å². The van der Waals surface area contributed by atoms with Gasteiger partial charge in [-0.2, -0.15) is 9.78 Å². The fourth-order valence-corrected chi connectivity index (χ4v) is 5.35. The monoisotopic (exact) mass is 527 g/mol. The number of aromatic nitrogens is 3. The average molecular weight is 528 g/mol. The van der Waals surface area contributed by atoms with Crippen LogP contribution in [0.15, 0.2) is 101 Å². The van der Waals surface area contributed by atoms with Gasteiger partial charge in [-0.1, -0.05) is 36.4 Å². The lowest BCUT2D eigenvalue weighted by Gasteiger charge is -2.40. The lowest BCUT2D eigenvalue weighted by Crippen LogP contribution is -2.46. The number of aliphatic imine (C=N–C) groups is 2. The number of amidine groups is 2. The minimum absolute atomic E-state index is 0.285. The van der Waals surface area contributed by atoms with E-state index in [1.165, 1.54) is 23.3 Å². The van der Waals surface area contributed by atoms with E-state index >= 15 is 0 Å². The van der Waals surface area contributed by atoms with E-state index in [2.05, 4.69) is 41.2 Å². The Morgan fingerprint density at radius 2 is 1.62 bits per heavy atom. The van der Waals surface area contributed by atoms with Crippen molar-refractivity contribution in [2.75, 3.05) is 10.2 Å². The smallest absolute Gasteiger partial charge is 0.179 e. The van der Waals surface area contributed by atoms with E-state index in [0.717, 1.165) is 33.9 Å². The predicted molar refractivity (Wildman–Crippen MR) is 157 cm³/mol. The van der Waals surface area contributed by atoms with Gasteiger partial charge in [0.15, 0.2) is 23.3 Å². The van der Waals surface area contributed by atoms with Crippen LogP contribution in [-0.2, 0) is 0 Å². The first kappa shape index (κ1) is 24.0. The Bertz CT molecular complexity index is 1820. The summed E-state index contributed by atoms with van der Waals surface area (Å²) in [6, 6.07) is 26.3. The van der Waals surface area contributed by atoms with Gasteiger partial charge >= 0.3 is 0 Å². The number of nitrogens with zero attached hydrogens (tertiary/aromatic N) is 6.